The Labute approximate surface area is 142 Å². The highest BCUT2D eigenvalue weighted by atomic mass is 19.1. The van der Waals surface area contributed by atoms with E-state index in [1.165, 1.54) is 18.2 Å². The summed E-state index contributed by atoms with van der Waals surface area (Å²) in [5, 5.41) is 5.13. The Morgan fingerprint density at radius 1 is 1.28 bits per heavy atom. The monoisotopic (exact) mass is 347 g/mol. The van der Waals surface area contributed by atoms with Crippen molar-refractivity contribution < 1.29 is 9.18 Å². The number of rotatable bonds is 5. The minimum Gasteiger partial charge on any atom is -0.354 e. The molecule has 9 heteroatoms. The van der Waals surface area contributed by atoms with Gasteiger partial charge in [-0.15, -0.1) is 0 Å². The van der Waals surface area contributed by atoms with Crippen LogP contribution in [-0.4, -0.2) is 28.8 Å². The number of aromatic nitrogens is 2. The standard InChI is InChI=1S/C16H18FN5O3/c17-11-3-1-2-10(8-11)15-12(9-19-20-15)16(25)18-6-7-22-14(24)5-4-13(23)21-22/h1-5,8,12,15,19-20H,6-7,9H2,(H,18,25)(H,21,23). The molecular formula is C16H18FN5O3. The maximum absolute atomic E-state index is 13.4. The number of hydrogen-bond acceptors (Lipinski definition) is 5. The van der Waals surface area contributed by atoms with Crippen molar-refractivity contribution in [1.29, 1.82) is 0 Å². The van der Waals surface area contributed by atoms with Crippen LogP contribution in [-0.2, 0) is 11.3 Å². The predicted molar refractivity (Wildman–Crippen MR) is 88.1 cm³/mol. The van der Waals surface area contributed by atoms with Gasteiger partial charge in [-0.05, 0) is 17.7 Å². The maximum atomic E-state index is 13.4. The molecule has 1 aliphatic heterocycles. The van der Waals surface area contributed by atoms with Crippen molar-refractivity contribution in [3.8, 4) is 0 Å². The molecule has 132 valence electrons. The third-order valence-electron chi connectivity index (χ3n) is 4.05. The highest BCUT2D eigenvalue weighted by Crippen LogP contribution is 2.25. The molecule has 4 N–H and O–H groups in total. The zero-order valence-corrected chi connectivity index (χ0v) is 13.3. The molecule has 0 saturated carbocycles. The van der Waals surface area contributed by atoms with Crippen LogP contribution >= 0.6 is 0 Å². The number of nitrogens with zero attached hydrogens (tertiary/aromatic N) is 1. The van der Waals surface area contributed by atoms with E-state index in [2.05, 4.69) is 21.3 Å². The van der Waals surface area contributed by atoms with E-state index in [4.69, 9.17) is 0 Å². The number of hydrogen-bond donors (Lipinski definition) is 4. The molecule has 0 bridgehead atoms. The zero-order valence-electron chi connectivity index (χ0n) is 13.3. The fraction of sp³-hybridized carbons (Fsp3) is 0.312. The lowest BCUT2D eigenvalue weighted by molar-refractivity contribution is -0.124. The minimum atomic E-state index is -0.423. The third kappa shape index (κ3) is 4.01. The maximum Gasteiger partial charge on any atom is 0.265 e. The largest absolute Gasteiger partial charge is 0.354 e. The van der Waals surface area contributed by atoms with Gasteiger partial charge in [-0.2, -0.15) is 0 Å². The van der Waals surface area contributed by atoms with Crippen molar-refractivity contribution in [3.63, 3.8) is 0 Å². The second kappa shape index (κ2) is 7.41. The van der Waals surface area contributed by atoms with Gasteiger partial charge in [-0.1, -0.05) is 12.1 Å². The van der Waals surface area contributed by atoms with E-state index in [9.17, 15) is 18.8 Å². The second-order valence-electron chi connectivity index (χ2n) is 5.75. The normalized spacial score (nSPS) is 19.7. The van der Waals surface area contributed by atoms with Crippen molar-refractivity contribution in [2.45, 2.75) is 12.6 Å². The first-order valence-corrected chi connectivity index (χ1v) is 7.86. The molecule has 1 aliphatic rings. The van der Waals surface area contributed by atoms with Gasteiger partial charge in [0.25, 0.3) is 11.1 Å². The summed E-state index contributed by atoms with van der Waals surface area (Å²) in [6.45, 7) is 0.735. The highest BCUT2D eigenvalue weighted by Gasteiger charge is 2.33. The van der Waals surface area contributed by atoms with Crippen LogP contribution in [0.3, 0.4) is 0 Å². The van der Waals surface area contributed by atoms with Gasteiger partial charge in [0.1, 0.15) is 5.82 Å². The van der Waals surface area contributed by atoms with Crippen molar-refractivity contribution >= 4 is 5.91 Å². The molecule has 0 aliphatic carbocycles. The van der Waals surface area contributed by atoms with Gasteiger partial charge in [0.05, 0.1) is 18.5 Å². The summed E-state index contributed by atoms with van der Waals surface area (Å²) in [6.07, 6.45) is 0. The van der Waals surface area contributed by atoms with Gasteiger partial charge in [0, 0.05) is 25.2 Å². The Hall–Kier alpha value is -2.78. The molecule has 0 spiro atoms. The van der Waals surface area contributed by atoms with Crippen LogP contribution in [0.5, 0.6) is 0 Å². The number of amides is 1. The van der Waals surface area contributed by atoms with Crippen LogP contribution in [0.2, 0.25) is 0 Å². The average Bonchev–Trinajstić information content (AvgIpc) is 3.08. The molecule has 0 radical (unpaired) electrons. The molecule has 1 aromatic carbocycles. The van der Waals surface area contributed by atoms with Gasteiger partial charge in [-0.25, -0.2) is 14.5 Å². The van der Waals surface area contributed by atoms with Crippen LogP contribution in [0.15, 0.2) is 46.0 Å². The first-order valence-electron chi connectivity index (χ1n) is 7.86. The molecule has 2 atom stereocenters. The Morgan fingerprint density at radius 2 is 2.12 bits per heavy atom. The van der Waals surface area contributed by atoms with Gasteiger partial charge < -0.3 is 5.32 Å². The van der Waals surface area contributed by atoms with Crippen molar-refractivity contribution in [2.75, 3.05) is 13.1 Å². The quantitative estimate of drug-likeness (QED) is 0.570. The Balaban J connectivity index is 1.61. The fourth-order valence-corrected chi connectivity index (χ4v) is 2.81. The molecule has 1 amide bonds. The van der Waals surface area contributed by atoms with Crippen LogP contribution in [0.25, 0.3) is 0 Å². The highest BCUT2D eigenvalue weighted by molar-refractivity contribution is 5.80. The molecule has 1 aromatic heterocycles. The molecule has 2 heterocycles. The van der Waals surface area contributed by atoms with Crippen molar-refractivity contribution in [3.05, 3.63) is 68.5 Å². The summed E-state index contributed by atoms with van der Waals surface area (Å²) in [7, 11) is 0. The van der Waals surface area contributed by atoms with Gasteiger partial charge in [0.2, 0.25) is 5.91 Å². The zero-order chi connectivity index (χ0) is 17.8. The van der Waals surface area contributed by atoms with Crippen LogP contribution in [0.4, 0.5) is 4.39 Å². The van der Waals surface area contributed by atoms with Crippen LogP contribution in [0.1, 0.15) is 11.6 Å². The minimum absolute atomic E-state index is 0.152. The summed E-state index contributed by atoms with van der Waals surface area (Å²) >= 11 is 0. The fourth-order valence-electron chi connectivity index (χ4n) is 2.81. The number of benzene rings is 1. The van der Waals surface area contributed by atoms with E-state index < -0.39 is 5.92 Å². The van der Waals surface area contributed by atoms with Crippen LogP contribution < -0.4 is 27.3 Å². The smallest absolute Gasteiger partial charge is 0.265 e. The number of carbonyl (C=O) groups is 1. The first kappa shape index (κ1) is 17.1. The first-order chi connectivity index (χ1) is 12.0. The summed E-state index contributed by atoms with van der Waals surface area (Å²) < 4.78 is 14.5. The SMILES string of the molecule is O=C(NCCn1[nH]c(=O)ccc1=O)C1CNNC1c1cccc(F)c1. The van der Waals surface area contributed by atoms with E-state index in [-0.39, 0.29) is 42.0 Å². The number of nitrogens with one attached hydrogen (secondary N) is 4. The van der Waals surface area contributed by atoms with Gasteiger partial charge in [-0.3, -0.25) is 24.9 Å². The summed E-state index contributed by atoms with van der Waals surface area (Å²) in [5.74, 6) is -1.01. The molecule has 25 heavy (non-hydrogen) atoms. The number of aromatic amines is 1. The topological polar surface area (TPSA) is 108 Å². The number of H-pyrrole nitrogens is 1. The molecular weight excluding hydrogens is 329 g/mol. The van der Waals surface area contributed by atoms with E-state index in [1.54, 1.807) is 12.1 Å². The summed E-state index contributed by atoms with van der Waals surface area (Å²) in [4.78, 5) is 35.2. The Kier molecular flexibility index (Phi) is 5.05. The Morgan fingerprint density at radius 3 is 2.92 bits per heavy atom. The lowest BCUT2D eigenvalue weighted by Crippen LogP contribution is -2.38. The van der Waals surface area contributed by atoms with Gasteiger partial charge in [0.15, 0.2) is 0 Å². The molecule has 2 unspecified atom stereocenters. The third-order valence-corrected chi connectivity index (χ3v) is 4.05. The average molecular weight is 347 g/mol. The molecule has 8 nitrogen and oxygen atoms in total. The van der Waals surface area contributed by atoms with E-state index >= 15 is 0 Å². The van der Waals surface area contributed by atoms with E-state index in [0.29, 0.717) is 12.1 Å². The summed E-state index contributed by atoms with van der Waals surface area (Å²) in [6, 6.07) is 8.05. The molecule has 1 saturated heterocycles. The number of carbonyl (C=O) groups excluding carboxylic acids is 1. The molecule has 1 fully saturated rings. The predicted octanol–water partition coefficient (Wildman–Crippen LogP) is -0.743. The van der Waals surface area contributed by atoms with E-state index in [0.717, 1.165) is 10.7 Å². The lowest BCUT2D eigenvalue weighted by Gasteiger charge is -2.18. The number of hydrazine groups is 1. The summed E-state index contributed by atoms with van der Waals surface area (Å²) in [5.41, 5.74) is 5.82. The Bertz CT molecular complexity index is 878. The van der Waals surface area contributed by atoms with Crippen molar-refractivity contribution in [1.82, 2.24) is 25.9 Å². The van der Waals surface area contributed by atoms with E-state index in [1.807, 2.05) is 0 Å². The lowest BCUT2D eigenvalue weighted by atomic mass is 9.94. The second-order valence-corrected chi connectivity index (χ2v) is 5.75. The molecule has 2 aromatic rings. The molecule has 3 rings (SSSR count). The number of halogens is 1. The van der Waals surface area contributed by atoms with Gasteiger partial charge >= 0.3 is 0 Å². The van der Waals surface area contributed by atoms with Crippen molar-refractivity contribution in [2.24, 2.45) is 5.92 Å². The van der Waals surface area contributed by atoms with Crippen LogP contribution in [0, 0.1) is 11.7 Å².